The number of rotatable bonds is 14. The fraction of sp³-hybridized carbons (Fsp3) is 0.0426. The SMILES string of the molecule is Cn1cc(NC(=O)c2cccc(NC(=O)Nc3cccc(C(=O)Nc4cc(C(=O)Nc5ccc6c(S(=O)(=O)O)cccc6c5S(=O)(=O)O)n(C)c4)c3)c2)cc1C(=O)Nc1ccc2c(S(=O)(=O)O)cccc2c1S(=O)(=O)O.[NaH].[NaH]. The first kappa shape index (κ1) is 60.4. The molecule has 0 saturated heterocycles. The molecule has 78 heavy (non-hydrogen) atoms. The number of carbonyl (C=O) groups excluding carboxylic acids is 5. The average molecular weight is 1160 g/mol. The number of benzene rings is 6. The van der Waals surface area contributed by atoms with E-state index < -0.39 is 101 Å². The Morgan fingerprint density at radius 2 is 0.744 bits per heavy atom. The summed E-state index contributed by atoms with van der Waals surface area (Å²) in [6.45, 7) is 0. The van der Waals surface area contributed by atoms with Gasteiger partial charge in [0.1, 0.15) is 31.0 Å². The van der Waals surface area contributed by atoms with Gasteiger partial charge in [-0.25, -0.2) is 4.79 Å². The Morgan fingerprint density at radius 3 is 1.09 bits per heavy atom. The zero-order chi connectivity index (χ0) is 55.2. The molecule has 396 valence electrons. The molecule has 25 nitrogen and oxygen atoms in total. The van der Waals surface area contributed by atoms with Crippen LogP contribution in [-0.4, -0.2) is 150 Å². The zero-order valence-electron chi connectivity index (χ0n) is 38.8. The van der Waals surface area contributed by atoms with E-state index in [1.807, 2.05) is 0 Å². The molecule has 0 aliphatic heterocycles. The van der Waals surface area contributed by atoms with Crippen LogP contribution < -0.4 is 31.9 Å². The van der Waals surface area contributed by atoms with Crippen molar-refractivity contribution in [2.75, 3.05) is 31.9 Å². The van der Waals surface area contributed by atoms with Crippen LogP contribution in [0, 0.1) is 0 Å². The second-order valence-corrected chi connectivity index (χ2v) is 22.0. The Kier molecular flexibility index (Phi) is 18.0. The number of nitrogens with one attached hydrogen (secondary N) is 6. The average Bonchev–Trinajstić information content (AvgIpc) is 3.89. The summed E-state index contributed by atoms with van der Waals surface area (Å²) in [6, 6.07) is 24.2. The summed E-state index contributed by atoms with van der Waals surface area (Å²) in [5.41, 5.74) is -0.406. The van der Waals surface area contributed by atoms with Crippen LogP contribution in [0.3, 0.4) is 0 Å². The van der Waals surface area contributed by atoms with E-state index in [4.69, 9.17) is 0 Å². The molecule has 0 fully saturated rings. The van der Waals surface area contributed by atoms with Gasteiger partial charge in [-0.1, -0.05) is 48.5 Å². The normalized spacial score (nSPS) is 11.7. The fourth-order valence-corrected chi connectivity index (χ4v) is 11.2. The van der Waals surface area contributed by atoms with E-state index in [1.165, 1.54) is 108 Å². The first-order valence-electron chi connectivity index (χ1n) is 21.4. The Bertz CT molecular complexity index is 4010. The second kappa shape index (κ2) is 23.3. The van der Waals surface area contributed by atoms with Gasteiger partial charge in [0, 0.05) is 70.5 Å². The van der Waals surface area contributed by atoms with Crippen molar-refractivity contribution >= 4 is 185 Å². The molecule has 8 rings (SSSR count). The van der Waals surface area contributed by atoms with Crippen molar-refractivity contribution in [3.8, 4) is 0 Å². The molecule has 31 heteroatoms. The van der Waals surface area contributed by atoms with Gasteiger partial charge in [0.05, 0.1) is 22.7 Å². The van der Waals surface area contributed by atoms with Crippen LogP contribution in [0.4, 0.5) is 38.9 Å². The summed E-state index contributed by atoms with van der Waals surface area (Å²) in [7, 11) is -16.9. The fourth-order valence-electron chi connectivity index (χ4n) is 8.07. The van der Waals surface area contributed by atoms with E-state index in [2.05, 4.69) is 31.9 Å². The van der Waals surface area contributed by atoms with Gasteiger partial charge in [0.15, 0.2) is 0 Å². The Balaban J connectivity index is 0.00000492. The number of fused-ring (bicyclic) bond motifs is 2. The summed E-state index contributed by atoms with van der Waals surface area (Å²) < 4.78 is 140. The van der Waals surface area contributed by atoms with Gasteiger partial charge < -0.3 is 41.0 Å². The van der Waals surface area contributed by atoms with Gasteiger partial charge in [-0.05, 0) is 72.8 Å². The van der Waals surface area contributed by atoms with E-state index in [9.17, 15) is 75.9 Å². The minimum absolute atomic E-state index is 0. The third-order valence-corrected chi connectivity index (χ3v) is 15.0. The molecule has 0 bridgehead atoms. The van der Waals surface area contributed by atoms with Crippen LogP contribution in [0.15, 0.2) is 153 Å². The number of anilines is 6. The van der Waals surface area contributed by atoms with E-state index in [1.54, 1.807) is 0 Å². The zero-order valence-corrected chi connectivity index (χ0v) is 42.1. The van der Waals surface area contributed by atoms with Crippen LogP contribution >= 0.6 is 0 Å². The van der Waals surface area contributed by atoms with Crippen molar-refractivity contribution in [3.05, 3.63) is 156 Å². The molecule has 0 atom stereocenters. The van der Waals surface area contributed by atoms with Crippen LogP contribution in [0.1, 0.15) is 41.7 Å². The number of carbonyl (C=O) groups is 5. The van der Waals surface area contributed by atoms with Gasteiger partial charge in [0.25, 0.3) is 64.1 Å². The predicted octanol–water partition coefficient (Wildman–Crippen LogP) is 5.01. The maximum absolute atomic E-state index is 13.4. The van der Waals surface area contributed by atoms with Crippen molar-refractivity contribution in [2.45, 2.75) is 19.6 Å². The summed E-state index contributed by atoms with van der Waals surface area (Å²) >= 11 is 0. The van der Waals surface area contributed by atoms with Crippen LogP contribution in [0.25, 0.3) is 21.5 Å². The van der Waals surface area contributed by atoms with Gasteiger partial charge in [0.2, 0.25) is 0 Å². The maximum atomic E-state index is 13.4. The van der Waals surface area contributed by atoms with E-state index in [0.717, 1.165) is 48.5 Å². The third-order valence-electron chi connectivity index (χ3n) is 11.3. The number of hydrogen-bond acceptors (Lipinski definition) is 13. The van der Waals surface area contributed by atoms with E-state index >= 15 is 0 Å². The molecule has 2 aromatic heterocycles. The first-order chi connectivity index (χ1) is 35.6. The Hall–Kier alpha value is -6.81. The molecule has 0 aliphatic carbocycles. The van der Waals surface area contributed by atoms with Crippen molar-refractivity contribution in [1.29, 1.82) is 0 Å². The number of aromatic nitrogens is 2. The number of nitrogens with zero attached hydrogens (tertiary/aromatic N) is 2. The quantitative estimate of drug-likeness (QED) is 0.0505. The van der Waals surface area contributed by atoms with Crippen LogP contribution in [0.5, 0.6) is 0 Å². The van der Waals surface area contributed by atoms with Crippen molar-refractivity contribution in [1.82, 2.24) is 9.13 Å². The van der Waals surface area contributed by atoms with Crippen molar-refractivity contribution < 1.29 is 75.9 Å². The molecule has 0 aliphatic rings. The standard InChI is InChI=1S/C47H38N8O17S4.2Na.2H/c1-54-23-29(21-37(54)45(58)52-35-17-15-31-33(41(35)75(67,68)69)11-5-13-39(31)73(61,62)63)48-43(56)25-7-3-9-27(19-25)50-47(60)51-28-10-4-8-26(20-28)44(57)49-30-22-38(55(2)24-30)46(59)53-36-18-16-32-34(42(36)76(70,71)72)12-6-14-40(32)74(64,65)66;;;;/h3-24H,1-2H3,(H,48,56)(H,49,57)(H,52,58)(H,53,59)(H2,50,51,60)(H,61,62,63)(H,64,65,66)(H,67,68,69)(H,70,71,72);;;;. The van der Waals surface area contributed by atoms with E-state index in [-0.39, 0.29) is 126 Å². The van der Waals surface area contributed by atoms with Crippen LogP contribution in [0.2, 0.25) is 0 Å². The monoisotopic (exact) mass is 1160 g/mol. The van der Waals surface area contributed by atoms with Gasteiger partial charge in [-0.15, -0.1) is 0 Å². The molecule has 0 saturated carbocycles. The molecule has 6 aromatic carbocycles. The summed E-state index contributed by atoms with van der Waals surface area (Å²) in [6.07, 6.45) is 2.73. The molecule has 0 unspecified atom stereocenters. The molecule has 0 spiro atoms. The topological polar surface area (TPSA) is 385 Å². The number of aryl methyl sites for hydroxylation is 2. The van der Waals surface area contributed by atoms with Crippen molar-refractivity contribution in [2.24, 2.45) is 14.1 Å². The van der Waals surface area contributed by atoms with E-state index in [0.29, 0.717) is 0 Å². The molecule has 0 radical (unpaired) electrons. The molecular formula is C47H40N8Na2O17S4. The molecule has 6 amide bonds. The molecular weight excluding hydrogens is 1120 g/mol. The summed E-state index contributed by atoms with van der Waals surface area (Å²) in [5, 5.41) is 14.0. The molecule has 2 heterocycles. The van der Waals surface area contributed by atoms with Gasteiger partial charge in [-0.3, -0.25) is 37.4 Å². The Labute approximate surface area is 487 Å². The first-order valence-corrected chi connectivity index (χ1v) is 27.2. The summed E-state index contributed by atoms with van der Waals surface area (Å²) in [5.74, 6) is -3.16. The second-order valence-electron chi connectivity index (χ2n) is 16.5. The minimum atomic E-state index is -5.10. The third kappa shape index (κ3) is 13.4. The number of urea groups is 1. The number of amides is 6. The number of hydrogen-bond donors (Lipinski definition) is 10. The predicted molar refractivity (Wildman–Crippen MR) is 290 cm³/mol. The summed E-state index contributed by atoms with van der Waals surface area (Å²) in [4.78, 5) is 63.8. The molecule has 10 N–H and O–H groups in total. The van der Waals surface area contributed by atoms with Crippen LogP contribution in [-0.2, 0) is 54.6 Å². The van der Waals surface area contributed by atoms with Crippen molar-refractivity contribution in [3.63, 3.8) is 0 Å². The van der Waals surface area contributed by atoms with Gasteiger partial charge >= 0.3 is 65.1 Å². The van der Waals surface area contributed by atoms with Gasteiger partial charge in [-0.2, -0.15) is 33.7 Å². The molecule has 8 aromatic rings. The Morgan fingerprint density at radius 1 is 0.385 bits per heavy atom.